The number of aromatic nitrogens is 2. The van der Waals surface area contributed by atoms with Crippen molar-refractivity contribution in [2.45, 2.75) is 33.2 Å². The summed E-state index contributed by atoms with van der Waals surface area (Å²) in [6.07, 6.45) is 3.91. The van der Waals surface area contributed by atoms with Crippen LogP contribution in [0.3, 0.4) is 0 Å². The Labute approximate surface area is 120 Å². The second kappa shape index (κ2) is 7.48. The van der Waals surface area contributed by atoms with Crippen LogP contribution in [0.1, 0.15) is 31.4 Å². The van der Waals surface area contributed by atoms with Gasteiger partial charge in [0.1, 0.15) is 5.82 Å². The van der Waals surface area contributed by atoms with Gasteiger partial charge in [-0.2, -0.15) is 4.98 Å². The Balaban J connectivity index is 1.92. The monoisotopic (exact) mass is 270 g/mol. The molecule has 4 nitrogen and oxygen atoms in total. The van der Waals surface area contributed by atoms with Gasteiger partial charge in [0, 0.05) is 19.3 Å². The van der Waals surface area contributed by atoms with Gasteiger partial charge in [-0.15, -0.1) is 0 Å². The first-order valence-electron chi connectivity index (χ1n) is 7.20. The molecule has 0 spiro atoms. The lowest BCUT2D eigenvalue weighted by Crippen LogP contribution is -2.07. The Bertz CT molecular complexity index is 522. The molecule has 2 aromatic rings. The summed E-state index contributed by atoms with van der Waals surface area (Å²) in [5, 5.41) is 6.51. The summed E-state index contributed by atoms with van der Waals surface area (Å²) < 4.78 is 0. The Hall–Kier alpha value is -2.10. The van der Waals surface area contributed by atoms with E-state index in [1.165, 1.54) is 11.1 Å². The molecule has 0 saturated heterocycles. The van der Waals surface area contributed by atoms with E-state index in [0.29, 0.717) is 5.95 Å². The number of aryl methyl sites for hydroxylation is 1. The van der Waals surface area contributed by atoms with Crippen molar-refractivity contribution >= 4 is 11.8 Å². The second-order valence-electron chi connectivity index (χ2n) is 4.72. The topological polar surface area (TPSA) is 49.8 Å². The van der Waals surface area contributed by atoms with Gasteiger partial charge in [0.2, 0.25) is 5.95 Å². The van der Waals surface area contributed by atoms with Crippen LogP contribution in [0.2, 0.25) is 0 Å². The van der Waals surface area contributed by atoms with Crippen LogP contribution in [-0.4, -0.2) is 16.5 Å². The summed E-state index contributed by atoms with van der Waals surface area (Å²) in [7, 11) is 0. The normalized spacial score (nSPS) is 10.3. The third-order valence-corrected chi connectivity index (χ3v) is 3.09. The molecule has 106 valence electrons. The Morgan fingerprint density at radius 2 is 1.70 bits per heavy atom. The molecule has 4 heteroatoms. The minimum Gasteiger partial charge on any atom is -0.366 e. The highest BCUT2D eigenvalue weighted by molar-refractivity contribution is 5.40. The summed E-state index contributed by atoms with van der Waals surface area (Å²) in [5.74, 6) is 1.52. The van der Waals surface area contributed by atoms with Crippen LogP contribution in [0.15, 0.2) is 36.5 Å². The molecule has 2 N–H and O–H groups in total. The van der Waals surface area contributed by atoms with Crippen molar-refractivity contribution in [2.24, 2.45) is 0 Å². The van der Waals surface area contributed by atoms with Crippen LogP contribution in [-0.2, 0) is 13.0 Å². The minimum absolute atomic E-state index is 0.679. The molecule has 2 rings (SSSR count). The molecule has 0 bridgehead atoms. The van der Waals surface area contributed by atoms with Gasteiger partial charge in [-0.1, -0.05) is 38.1 Å². The second-order valence-corrected chi connectivity index (χ2v) is 4.72. The predicted octanol–water partition coefficient (Wildman–Crippen LogP) is 3.47. The van der Waals surface area contributed by atoms with Crippen LogP contribution >= 0.6 is 0 Å². The third kappa shape index (κ3) is 4.23. The highest BCUT2D eigenvalue weighted by Gasteiger charge is 1.99. The number of benzene rings is 1. The van der Waals surface area contributed by atoms with Crippen molar-refractivity contribution in [3.8, 4) is 0 Å². The average Bonchev–Trinajstić information content (AvgIpc) is 2.52. The summed E-state index contributed by atoms with van der Waals surface area (Å²) >= 11 is 0. The van der Waals surface area contributed by atoms with Gasteiger partial charge in [-0.05, 0) is 30.0 Å². The molecule has 1 aromatic carbocycles. The standard InChI is InChI=1S/C16H22N4/c1-3-10-17-16-18-11-9-15(20-16)19-12-14-7-5-13(4-2)6-8-14/h5-9,11H,3-4,10,12H2,1-2H3,(H2,17,18,19,20). The highest BCUT2D eigenvalue weighted by atomic mass is 15.1. The quantitative estimate of drug-likeness (QED) is 0.809. The predicted molar refractivity (Wildman–Crippen MR) is 84.0 cm³/mol. The fraction of sp³-hybridized carbons (Fsp3) is 0.375. The van der Waals surface area contributed by atoms with Gasteiger partial charge in [0.25, 0.3) is 0 Å². The molecule has 0 atom stereocenters. The molecule has 0 radical (unpaired) electrons. The first-order valence-corrected chi connectivity index (χ1v) is 7.20. The summed E-state index contributed by atoms with van der Waals surface area (Å²) in [6, 6.07) is 10.5. The third-order valence-electron chi connectivity index (χ3n) is 3.09. The minimum atomic E-state index is 0.679. The van der Waals surface area contributed by atoms with E-state index in [2.05, 4.69) is 58.7 Å². The van der Waals surface area contributed by atoms with Crippen LogP contribution < -0.4 is 10.6 Å². The molecule has 0 aliphatic carbocycles. The lowest BCUT2D eigenvalue weighted by Gasteiger charge is -2.08. The number of anilines is 2. The van der Waals surface area contributed by atoms with Gasteiger partial charge >= 0.3 is 0 Å². The Morgan fingerprint density at radius 1 is 0.950 bits per heavy atom. The van der Waals surface area contributed by atoms with Gasteiger partial charge in [0.05, 0.1) is 0 Å². The van der Waals surface area contributed by atoms with Gasteiger partial charge in [-0.3, -0.25) is 0 Å². The molecule has 0 unspecified atom stereocenters. The van der Waals surface area contributed by atoms with Crippen LogP contribution in [0.4, 0.5) is 11.8 Å². The Kier molecular flexibility index (Phi) is 5.35. The Morgan fingerprint density at radius 3 is 2.40 bits per heavy atom. The molecule has 1 aromatic heterocycles. The number of nitrogens with one attached hydrogen (secondary N) is 2. The van der Waals surface area contributed by atoms with Crippen LogP contribution in [0, 0.1) is 0 Å². The van der Waals surface area contributed by atoms with Crippen molar-refractivity contribution in [1.82, 2.24) is 9.97 Å². The lowest BCUT2D eigenvalue weighted by atomic mass is 10.1. The van der Waals surface area contributed by atoms with Crippen LogP contribution in [0.25, 0.3) is 0 Å². The number of nitrogens with zero attached hydrogens (tertiary/aromatic N) is 2. The van der Waals surface area contributed by atoms with Crippen molar-refractivity contribution in [3.63, 3.8) is 0 Å². The SMILES string of the molecule is CCCNc1nccc(NCc2ccc(CC)cc2)n1. The van der Waals surface area contributed by atoms with E-state index in [0.717, 1.165) is 31.7 Å². The van der Waals surface area contributed by atoms with E-state index in [-0.39, 0.29) is 0 Å². The molecule has 0 saturated carbocycles. The largest absolute Gasteiger partial charge is 0.366 e. The molecule has 0 amide bonds. The molecular weight excluding hydrogens is 248 g/mol. The molecule has 0 aliphatic rings. The van der Waals surface area contributed by atoms with E-state index in [1.807, 2.05) is 6.07 Å². The van der Waals surface area contributed by atoms with Crippen LogP contribution in [0.5, 0.6) is 0 Å². The maximum atomic E-state index is 4.43. The van der Waals surface area contributed by atoms with Crippen molar-refractivity contribution in [3.05, 3.63) is 47.7 Å². The zero-order valence-corrected chi connectivity index (χ0v) is 12.2. The van der Waals surface area contributed by atoms with Crippen molar-refractivity contribution in [1.29, 1.82) is 0 Å². The number of rotatable bonds is 7. The maximum absolute atomic E-state index is 4.43. The van der Waals surface area contributed by atoms with Gasteiger partial charge in [0.15, 0.2) is 0 Å². The van der Waals surface area contributed by atoms with E-state index < -0.39 is 0 Å². The smallest absolute Gasteiger partial charge is 0.224 e. The van der Waals surface area contributed by atoms with E-state index in [4.69, 9.17) is 0 Å². The fourth-order valence-corrected chi connectivity index (χ4v) is 1.86. The summed E-state index contributed by atoms with van der Waals surface area (Å²) in [4.78, 5) is 8.62. The zero-order chi connectivity index (χ0) is 14.2. The molecule has 0 aliphatic heterocycles. The number of hydrogen-bond acceptors (Lipinski definition) is 4. The maximum Gasteiger partial charge on any atom is 0.224 e. The first-order chi connectivity index (χ1) is 9.81. The summed E-state index contributed by atoms with van der Waals surface area (Å²) in [6.45, 7) is 5.95. The highest BCUT2D eigenvalue weighted by Crippen LogP contribution is 2.09. The number of hydrogen-bond donors (Lipinski definition) is 2. The fourth-order valence-electron chi connectivity index (χ4n) is 1.86. The molecular formula is C16H22N4. The molecule has 1 heterocycles. The van der Waals surface area contributed by atoms with E-state index in [9.17, 15) is 0 Å². The lowest BCUT2D eigenvalue weighted by molar-refractivity contribution is 0.950. The zero-order valence-electron chi connectivity index (χ0n) is 12.2. The van der Waals surface area contributed by atoms with E-state index in [1.54, 1.807) is 6.20 Å². The van der Waals surface area contributed by atoms with Gasteiger partial charge < -0.3 is 10.6 Å². The van der Waals surface area contributed by atoms with Crippen molar-refractivity contribution in [2.75, 3.05) is 17.2 Å². The van der Waals surface area contributed by atoms with Crippen molar-refractivity contribution < 1.29 is 0 Å². The first kappa shape index (κ1) is 14.3. The molecule has 0 fully saturated rings. The summed E-state index contributed by atoms with van der Waals surface area (Å²) in [5.41, 5.74) is 2.62. The molecule has 20 heavy (non-hydrogen) atoms. The van der Waals surface area contributed by atoms with Gasteiger partial charge in [-0.25, -0.2) is 4.98 Å². The van der Waals surface area contributed by atoms with E-state index >= 15 is 0 Å². The average molecular weight is 270 g/mol.